The van der Waals surface area contributed by atoms with Crippen molar-refractivity contribution in [3.05, 3.63) is 102 Å². The third-order valence-electron chi connectivity index (χ3n) is 4.98. The lowest BCUT2D eigenvalue weighted by molar-refractivity contribution is 0.554. The van der Waals surface area contributed by atoms with Gasteiger partial charge in [0.05, 0.1) is 0 Å². The van der Waals surface area contributed by atoms with Crippen molar-refractivity contribution in [1.29, 1.82) is 0 Å². The lowest BCUT2D eigenvalue weighted by Gasteiger charge is -2.38. The van der Waals surface area contributed by atoms with Crippen molar-refractivity contribution in [3.63, 3.8) is 0 Å². The number of thioether (sulfide) groups is 3. The minimum Gasteiger partial charge on any atom is -0.121 e. The molecular formula is C27H30S3. The Morgan fingerprint density at radius 1 is 0.733 bits per heavy atom. The van der Waals surface area contributed by atoms with Crippen molar-refractivity contribution in [2.24, 2.45) is 5.92 Å². The van der Waals surface area contributed by atoms with Crippen LogP contribution in [0.15, 0.2) is 117 Å². The summed E-state index contributed by atoms with van der Waals surface area (Å²) < 4.78 is 0.0484. The standard InChI is InChI=1S/C27H30S3/c1-5-25(28-22-15-9-6-10-16-22)21(2)26(29-23-17-11-7-12-18-23)27(3,4)30-24-19-13-8-14-20-24/h5-21,26H,1-4H3/b25-5+/t21-,26+/m0/s1. The summed E-state index contributed by atoms with van der Waals surface area (Å²) in [6, 6.07) is 32.3. The zero-order chi connectivity index (χ0) is 21.4. The second kappa shape index (κ2) is 11.2. The smallest absolute Gasteiger partial charge is 0.0311 e. The fourth-order valence-corrected chi connectivity index (χ4v) is 7.37. The van der Waals surface area contributed by atoms with E-state index < -0.39 is 0 Å². The van der Waals surface area contributed by atoms with Gasteiger partial charge < -0.3 is 0 Å². The number of hydrogen-bond acceptors (Lipinski definition) is 3. The molecule has 0 bridgehead atoms. The van der Waals surface area contributed by atoms with Gasteiger partial charge in [0.1, 0.15) is 0 Å². The van der Waals surface area contributed by atoms with Gasteiger partial charge in [-0.25, -0.2) is 0 Å². The van der Waals surface area contributed by atoms with E-state index in [1.165, 1.54) is 19.6 Å². The molecule has 2 atom stereocenters. The summed E-state index contributed by atoms with van der Waals surface area (Å²) in [6.45, 7) is 9.34. The van der Waals surface area contributed by atoms with Crippen LogP contribution in [0, 0.1) is 5.92 Å². The average molecular weight is 451 g/mol. The lowest BCUT2D eigenvalue weighted by atomic mass is 9.96. The monoisotopic (exact) mass is 450 g/mol. The molecule has 0 aromatic heterocycles. The quantitative estimate of drug-likeness (QED) is 0.298. The van der Waals surface area contributed by atoms with Crippen LogP contribution in [0.1, 0.15) is 27.7 Å². The van der Waals surface area contributed by atoms with E-state index in [-0.39, 0.29) is 4.75 Å². The fourth-order valence-electron chi connectivity index (χ4n) is 3.53. The summed E-state index contributed by atoms with van der Waals surface area (Å²) in [4.78, 5) is 5.38. The zero-order valence-corrected chi connectivity index (χ0v) is 20.6. The molecule has 30 heavy (non-hydrogen) atoms. The topological polar surface area (TPSA) is 0 Å². The number of rotatable bonds is 9. The van der Waals surface area contributed by atoms with Crippen molar-refractivity contribution in [3.8, 4) is 0 Å². The molecule has 3 aromatic carbocycles. The largest absolute Gasteiger partial charge is 0.121 e. The predicted molar refractivity (Wildman–Crippen MR) is 138 cm³/mol. The molecule has 0 saturated heterocycles. The van der Waals surface area contributed by atoms with Gasteiger partial charge in [0, 0.05) is 30.6 Å². The fraction of sp³-hybridized carbons (Fsp3) is 0.259. The Balaban J connectivity index is 1.89. The van der Waals surface area contributed by atoms with Gasteiger partial charge in [-0.05, 0) is 62.1 Å². The summed E-state index contributed by atoms with van der Waals surface area (Å²) in [7, 11) is 0. The maximum Gasteiger partial charge on any atom is 0.0311 e. The molecule has 0 heterocycles. The number of allylic oxidation sites excluding steroid dienone is 2. The van der Waals surface area contributed by atoms with Crippen LogP contribution < -0.4 is 0 Å². The zero-order valence-electron chi connectivity index (χ0n) is 18.1. The summed E-state index contributed by atoms with van der Waals surface area (Å²) in [5, 5.41) is 0.410. The Hall–Kier alpha value is -1.55. The van der Waals surface area contributed by atoms with Crippen LogP contribution in [0.4, 0.5) is 0 Å². The highest BCUT2D eigenvalue weighted by atomic mass is 32.2. The van der Waals surface area contributed by atoms with Gasteiger partial charge in [0.25, 0.3) is 0 Å². The van der Waals surface area contributed by atoms with Crippen LogP contribution in [-0.4, -0.2) is 10.00 Å². The molecule has 0 spiro atoms. The van der Waals surface area contributed by atoms with Gasteiger partial charge in [-0.3, -0.25) is 0 Å². The maximum absolute atomic E-state index is 2.39. The highest BCUT2D eigenvalue weighted by Gasteiger charge is 2.37. The van der Waals surface area contributed by atoms with Crippen molar-refractivity contribution in [2.45, 2.75) is 52.4 Å². The molecule has 0 aliphatic rings. The van der Waals surface area contributed by atoms with E-state index in [1.54, 1.807) is 0 Å². The van der Waals surface area contributed by atoms with Gasteiger partial charge in [-0.15, -0.1) is 23.5 Å². The van der Waals surface area contributed by atoms with E-state index in [4.69, 9.17) is 0 Å². The summed E-state index contributed by atoms with van der Waals surface area (Å²) >= 11 is 5.88. The van der Waals surface area contributed by atoms with E-state index in [9.17, 15) is 0 Å². The van der Waals surface area contributed by atoms with Crippen LogP contribution in [0.25, 0.3) is 0 Å². The molecule has 0 saturated carbocycles. The Bertz CT molecular complexity index is 918. The highest BCUT2D eigenvalue weighted by Crippen LogP contribution is 2.49. The first-order valence-electron chi connectivity index (χ1n) is 10.3. The molecule has 3 aromatic rings. The Kier molecular flexibility index (Phi) is 8.61. The molecule has 156 valence electrons. The summed E-state index contributed by atoms with van der Waals surface area (Å²) in [5.74, 6) is 0.414. The van der Waals surface area contributed by atoms with E-state index in [1.807, 2.05) is 35.3 Å². The van der Waals surface area contributed by atoms with Gasteiger partial charge in [0.15, 0.2) is 0 Å². The normalized spacial score (nSPS) is 14.3. The molecule has 0 radical (unpaired) electrons. The number of benzene rings is 3. The molecule has 0 unspecified atom stereocenters. The Labute approximate surface area is 195 Å². The van der Waals surface area contributed by atoms with Crippen molar-refractivity contribution < 1.29 is 0 Å². The van der Waals surface area contributed by atoms with Crippen molar-refractivity contribution >= 4 is 35.3 Å². The van der Waals surface area contributed by atoms with Crippen molar-refractivity contribution in [2.75, 3.05) is 0 Å². The Morgan fingerprint density at radius 3 is 1.70 bits per heavy atom. The van der Waals surface area contributed by atoms with Crippen LogP contribution in [0.5, 0.6) is 0 Å². The maximum atomic E-state index is 2.39. The van der Waals surface area contributed by atoms with Crippen LogP contribution in [0.2, 0.25) is 0 Å². The van der Waals surface area contributed by atoms with Gasteiger partial charge in [-0.2, -0.15) is 0 Å². The molecule has 0 aliphatic carbocycles. The molecule has 0 amide bonds. The second-order valence-electron chi connectivity index (χ2n) is 7.76. The third-order valence-corrected chi connectivity index (χ3v) is 9.57. The summed E-state index contributed by atoms with van der Waals surface area (Å²) in [5.41, 5.74) is 0. The predicted octanol–water partition coefficient (Wildman–Crippen LogP) is 9.05. The third kappa shape index (κ3) is 6.47. The first-order chi connectivity index (χ1) is 14.5. The lowest BCUT2D eigenvalue weighted by Crippen LogP contribution is -2.36. The second-order valence-corrected chi connectivity index (χ2v) is 11.9. The highest BCUT2D eigenvalue weighted by molar-refractivity contribution is 8.05. The van der Waals surface area contributed by atoms with Gasteiger partial charge in [0.2, 0.25) is 0 Å². The molecule has 3 rings (SSSR count). The first-order valence-corrected chi connectivity index (χ1v) is 12.9. The molecule has 0 aliphatic heterocycles. The van der Waals surface area contributed by atoms with Crippen LogP contribution in [0.3, 0.4) is 0 Å². The van der Waals surface area contributed by atoms with E-state index >= 15 is 0 Å². The van der Waals surface area contributed by atoms with E-state index in [2.05, 4.69) is 125 Å². The molecule has 0 fully saturated rings. The SMILES string of the molecule is C/C=C(/Sc1ccccc1)[C@H](C)[C@@H](Sc1ccccc1)C(C)(C)Sc1ccccc1. The minimum atomic E-state index is 0.0484. The minimum absolute atomic E-state index is 0.0484. The molecular weight excluding hydrogens is 420 g/mol. The molecule has 0 N–H and O–H groups in total. The Morgan fingerprint density at radius 2 is 1.20 bits per heavy atom. The number of hydrogen-bond donors (Lipinski definition) is 0. The van der Waals surface area contributed by atoms with Gasteiger partial charge >= 0.3 is 0 Å². The molecule has 3 heteroatoms. The van der Waals surface area contributed by atoms with Crippen LogP contribution >= 0.6 is 35.3 Å². The molecule has 0 nitrogen and oxygen atoms in total. The van der Waals surface area contributed by atoms with Gasteiger partial charge in [-0.1, -0.05) is 79.4 Å². The van der Waals surface area contributed by atoms with E-state index in [0.29, 0.717) is 11.2 Å². The average Bonchev–Trinajstić information content (AvgIpc) is 2.77. The van der Waals surface area contributed by atoms with Crippen molar-refractivity contribution in [1.82, 2.24) is 0 Å². The first kappa shape index (κ1) is 23.1. The van der Waals surface area contributed by atoms with E-state index in [0.717, 1.165) is 0 Å². The summed E-state index contributed by atoms with van der Waals surface area (Å²) in [6.07, 6.45) is 2.30. The van der Waals surface area contributed by atoms with Crippen LogP contribution in [-0.2, 0) is 0 Å².